The van der Waals surface area contributed by atoms with Crippen molar-refractivity contribution in [3.05, 3.63) is 88.7 Å². The fourth-order valence-corrected chi connectivity index (χ4v) is 2.65. The average molecular weight is 405 g/mol. The summed E-state index contributed by atoms with van der Waals surface area (Å²) in [5, 5.41) is 4.10. The van der Waals surface area contributed by atoms with Crippen molar-refractivity contribution in [3.8, 4) is 11.5 Å². The maximum atomic E-state index is 5.90. The van der Waals surface area contributed by atoms with Gasteiger partial charge in [0, 0.05) is 24.3 Å². The van der Waals surface area contributed by atoms with Crippen molar-refractivity contribution < 1.29 is 9.47 Å². The molecule has 142 valence electrons. The highest BCUT2D eigenvalue weighted by atomic mass is 35.5. The Kier molecular flexibility index (Phi) is 8.40. The monoisotopic (exact) mass is 404 g/mol. The van der Waals surface area contributed by atoms with Crippen LogP contribution in [0.1, 0.15) is 16.8 Å². The summed E-state index contributed by atoms with van der Waals surface area (Å²) in [6, 6.07) is 19.5. The summed E-state index contributed by atoms with van der Waals surface area (Å²) in [6.07, 6.45) is 1.80. The normalized spacial score (nSPS) is 10.1. The Balaban J connectivity index is 0.00000261. The van der Waals surface area contributed by atoms with Gasteiger partial charge in [0.15, 0.2) is 11.5 Å². The molecule has 2 aromatic carbocycles. The average Bonchev–Trinajstić information content (AvgIpc) is 2.69. The summed E-state index contributed by atoms with van der Waals surface area (Å²) < 4.78 is 11.4. The van der Waals surface area contributed by atoms with Crippen LogP contribution in [0.25, 0.3) is 0 Å². The van der Waals surface area contributed by atoms with Crippen LogP contribution in [0.15, 0.2) is 66.9 Å². The molecule has 0 atom stereocenters. The third kappa shape index (κ3) is 6.43. The van der Waals surface area contributed by atoms with Gasteiger partial charge < -0.3 is 14.8 Å². The lowest BCUT2D eigenvalue weighted by molar-refractivity contribution is 0.284. The molecule has 0 spiro atoms. The topological polar surface area (TPSA) is 43.4 Å². The molecule has 0 aliphatic heterocycles. The molecule has 0 saturated heterocycles. The maximum absolute atomic E-state index is 5.90. The molecule has 0 aliphatic rings. The van der Waals surface area contributed by atoms with Gasteiger partial charge in [0.2, 0.25) is 0 Å². The summed E-state index contributed by atoms with van der Waals surface area (Å²) in [6.45, 7) is 1.91. The van der Waals surface area contributed by atoms with E-state index in [9.17, 15) is 0 Å². The van der Waals surface area contributed by atoms with Crippen LogP contribution in [0.3, 0.4) is 0 Å². The summed E-state index contributed by atoms with van der Waals surface area (Å²) >= 11 is 5.90. The number of hydrogen-bond donors (Lipinski definition) is 1. The highest BCUT2D eigenvalue weighted by Gasteiger charge is 2.06. The molecule has 0 bridgehead atoms. The van der Waals surface area contributed by atoms with Crippen molar-refractivity contribution in [2.45, 2.75) is 19.7 Å². The molecule has 3 rings (SSSR count). The van der Waals surface area contributed by atoms with E-state index < -0.39 is 0 Å². The van der Waals surface area contributed by atoms with Crippen molar-refractivity contribution in [3.63, 3.8) is 0 Å². The Bertz CT molecular complexity index is 827. The summed E-state index contributed by atoms with van der Waals surface area (Å²) in [4.78, 5) is 4.30. The zero-order valence-corrected chi connectivity index (χ0v) is 16.6. The van der Waals surface area contributed by atoms with Crippen molar-refractivity contribution in [1.29, 1.82) is 0 Å². The van der Waals surface area contributed by atoms with Crippen molar-refractivity contribution in [2.24, 2.45) is 0 Å². The van der Waals surface area contributed by atoms with E-state index in [0.717, 1.165) is 41.4 Å². The zero-order chi connectivity index (χ0) is 18.2. The van der Waals surface area contributed by atoms with E-state index in [4.69, 9.17) is 21.1 Å². The second-order valence-electron chi connectivity index (χ2n) is 5.82. The first kappa shape index (κ1) is 21.0. The van der Waals surface area contributed by atoms with Crippen molar-refractivity contribution in [2.75, 3.05) is 7.11 Å². The molecule has 1 heterocycles. The maximum Gasteiger partial charge on any atom is 0.161 e. The Hall–Kier alpha value is -2.27. The van der Waals surface area contributed by atoms with Crippen LogP contribution in [0, 0.1) is 0 Å². The molecule has 0 radical (unpaired) electrons. The number of halogens is 2. The van der Waals surface area contributed by atoms with Gasteiger partial charge in [0.1, 0.15) is 6.61 Å². The molecule has 0 fully saturated rings. The number of nitrogens with zero attached hydrogens (tertiary/aromatic N) is 1. The van der Waals surface area contributed by atoms with Crippen LogP contribution in [0.5, 0.6) is 11.5 Å². The number of hydrogen-bond acceptors (Lipinski definition) is 4. The van der Waals surface area contributed by atoms with Gasteiger partial charge in [0.05, 0.1) is 12.8 Å². The Morgan fingerprint density at radius 3 is 2.41 bits per heavy atom. The van der Waals surface area contributed by atoms with E-state index in [1.165, 1.54) is 0 Å². The number of benzene rings is 2. The van der Waals surface area contributed by atoms with Crippen LogP contribution in [-0.2, 0) is 19.7 Å². The highest BCUT2D eigenvalue weighted by molar-refractivity contribution is 6.30. The first-order chi connectivity index (χ1) is 12.7. The van der Waals surface area contributed by atoms with Crippen LogP contribution in [0.2, 0.25) is 5.02 Å². The lowest BCUT2D eigenvalue weighted by atomic mass is 10.2. The van der Waals surface area contributed by atoms with Gasteiger partial charge in [-0.3, -0.25) is 4.98 Å². The minimum Gasteiger partial charge on any atom is -0.493 e. The summed E-state index contributed by atoms with van der Waals surface area (Å²) in [5.74, 6) is 1.44. The van der Waals surface area contributed by atoms with Gasteiger partial charge in [0.25, 0.3) is 0 Å². The number of rotatable bonds is 8. The van der Waals surface area contributed by atoms with Gasteiger partial charge in [-0.05, 0) is 47.5 Å². The molecule has 1 aromatic heterocycles. The zero-order valence-electron chi connectivity index (χ0n) is 15.0. The SMILES string of the molecule is COc1cc(CNCc2ccccn2)ccc1OCc1ccc(Cl)cc1.Cl. The molecule has 0 saturated carbocycles. The molecule has 0 amide bonds. The molecule has 3 aromatic rings. The van der Waals surface area contributed by atoms with Gasteiger partial charge in [-0.2, -0.15) is 0 Å². The summed E-state index contributed by atoms with van der Waals surface area (Å²) in [5.41, 5.74) is 3.19. The number of aromatic nitrogens is 1. The minimum atomic E-state index is 0. The molecule has 4 nitrogen and oxygen atoms in total. The van der Waals surface area contributed by atoms with Crippen molar-refractivity contribution in [1.82, 2.24) is 10.3 Å². The van der Waals surface area contributed by atoms with Gasteiger partial charge in [-0.25, -0.2) is 0 Å². The van der Waals surface area contributed by atoms with Crippen LogP contribution >= 0.6 is 24.0 Å². The number of ether oxygens (including phenoxy) is 2. The van der Waals surface area contributed by atoms with Crippen molar-refractivity contribution >= 4 is 24.0 Å². The third-order valence-electron chi connectivity index (χ3n) is 3.90. The van der Waals surface area contributed by atoms with Gasteiger partial charge in [-0.15, -0.1) is 12.4 Å². The minimum absolute atomic E-state index is 0. The molecule has 27 heavy (non-hydrogen) atoms. The quantitative estimate of drug-likeness (QED) is 0.571. The molecule has 6 heteroatoms. The Labute approximate surface area is 170 Å². The van der Waals surface area contributed by atoms with E-state index in [-0.39, 0.29) is 12.4 Å². The largest absolute Gasteiger partial charge is 0.493 e. The van der Waals surface area contributed by atoms with Crippen LogP contribution in [-0.4, -0.2) is 12.1 Å². The van der Waals surface area contributed by atoms with Crippen LogP contribution < -0.4 is 14.8 Å². The first-order valence-corrected chi connectivity index (χ1v) is 8.77. The van der Waals surface area contributed by atoms with Gasteiger partial charge >= 0.3 is 0 Å². The smallest absolute Gasteiger partial charge is 0.161 e. The fourth-order valence-electron chi connectivity index (χ4n) is 2.52. The van der Waals surface area contributed by atoms with E-state index in [1.54, 1.807) is 13.3 Å². The lowest BCUT2D eigenvalue weighted by Gasteiger charge is -2.13. The van der Waals surface area contributed by atoms with E-state index >= 15 is 0 Å². The second-order valence-corrected chi connectivity index (χ2v) is 6.26. The fraction of sp³-hybridized carbons (Fsp3) is 0.190. The standard InChI is InChI=1S/C21H21ClN2O2.ClH/c1-25-21-12-17(13-23-14-19-4-2-3-11-24-19)7-10-20(21)26-15-16-5-8-18(22)9-6-16;/h2-12,23H,13-15H2,1H3;1H. The number of nitrogens with one attached hydrogen (secondary N) is 1. The molecule has 1 N–H and O–H groups in total. The molecule has 0 aliphatic carbocycles. The predicted octanol–water partition coefficient (Wildman–Crippen LogP) is 5.03. The van der Waals surface area contributed by atoms with E-state index in [0.29, 0.717) is 11.6 Å². The number of pyridine rings is 1. The van der Waals surface area contributed by atoms with Crippen LogP contribution in [0.4, 0.5) is 0 Å². The van der Waals surface area contributed by atoms with Gasteiger partial charge in [-0.1, -0.05) is 35.9 Å². The predicted molar refractivity (Wildman–Crippen MR) is 111 cm³/mol. The first-order valence-electron chi connectivity index (χ1n) is 8.39. The van der Waals surface area contributed by atoms with E-state index in [1.807, 2.05) is 60.7 Å². The Morgan fingerprint density at radius 1 is 0.926 bits per heavy atom. The molecular weight excluding hydrogens is 383 g/mol. The van der Waals surface area contributed by atoms with E-state index in [2.05, 4.69) is 10.3 Å². The second kappa shape index (κ2) is 10.8. The third-order valence-corrected chi connectivity index (χ3v) is 4.15. The lowest BCUT2D eigenvalue weighted by Crippen LogP contribution is -2.13. The molecular formula is C21H22Cl2N2O2. The highest BCUT2D eigenvalue weighted by Crippen LogP contribution is 2.29. The Morgan fingerprint density at radius 2 is 1.70 bits per heavy atom. The summed E-state index contributed by atoms with van der Waals surface area (Å²) in [7, 11) is 1.65. The molecule has 0 unspecified atom stereocenters. The number of methoxy groups -OCH3 is 1.